The molecule has 0 atom stereocenters. The van der Waals surface area contributed by atoms with Crippen LogP contribution in [0.15, 0.2) is 0 Å². The first-order chi connectivity index (χ1) is 7.56. The molecule has 1 aromatic heterocycles. The number of hydrogen-bond donors (Lipinski definition) is 0. The van der Waals surface area contributed by atoms with E-state index in [9.17, 15) is 0 Å². The van der Waals surface area contributed by atoms with E-state index >= 15 is 0 Å². The first-order valence-corrected chi connectivity index (χ1v) is 6.25. The van der Waals surface area contributed by atoms with Crippen LogP contribution < -0.4 is 0 Å². The first-order valence-electron chi connectivity index (χ1n) is 5.49. The Labute approximate surface area is 106 Å². The van der Waals surface area contributed by atoms with Crippen LogP contribution in [0.25, 0.3) is 0 Å². The summed E-state index contributed by atoms with van der Waals surface area (Å²) >= 11 is 11.9. The molecule has 0 aliphatic carbocycles. The molecule has 1 aliphatic rings. The topological polar surface area (TPSA) is 29.0 Å². The summed E-state index contributed by atoms with van der Waals surface area (Å²) in [7, 11) is 0. The zero-order chi connectivity index (χ0) is 11.7. The number of hydrogen-bond acceptors (Lipinski definition) is 3. The van der Waals surface area contributed by atoms with Gasteiger partial charge in [0.05, 0.1) is 5.69 Å². The Balaban J connectivity index is 2.20. The van der Waals surface area contributed by atoms with Gasteiger partial charge in [0.2, 0.25) is 5.28 Å². The second kappa shape index (κ2) is 4.86. The van der Waals surface area contributed by atoms with Crippen LogP contribution in [0.4, 0.5) is 0 Å². The van der Waals surface area contributed by atoms with Crippen molar-refractivity contribution in [2.75, 3.05) is 13.1 Å². The fourth-order valence-electron chi connectivity index (χ4n) is 2.07. The van der Waals surface area contributed by atoms with Gasteiger partial charge in [-0.15, -0.1) is 0 Å². The van der Waals surface area contributed by atoms with Gasteiger partial charge in [-0.05, 0) is 17.5 Å². The van der Waals surface area contributed by atoms with Gasteiger partial charge in [-0.1, -0.05) is 25.4 Å². The van der Waals surface area contributed by atoms with E-state index in [1.54, 1.807) is 0 Å². The lowest BCUT2D eigenvalue weighted by Crippen LogP contribution is -2.34. The molecular weight excluding hydrogens is 245 g/mol. The first kappa shape index (κ1) is 12.1. The average molecular weight is 260 g/mol. The summed E-state index contributed by atoms with van der Waals surface area (Å²) in [6, 6.07) is 0. The molecule has 0 spiro atoms. The minimum Gasteiger partial charge on any atom is -0.298 e. The molecule has 0 bridgehead atoms. The maximum Gasteiger partial charge on any atom is 0.224 e. The number of aromatic nitrogens is 2. The van der Waals surface area contributed by atoms with Crippen LogP contribution in [-0.2, 0) is 13.0 Å². The molecule has 88 valence electrons. The summed E-state index contributed by atoms with van der Waals surface area (Å²) in [4.78, 5) is 10.6. The maximum atomic E-state index is 6.09. The molecule has 1 aliphatic heterocycles. The third kappa shape index (κ3) is 2.65. The van der Waals surface area contributed by atoms with Crippen molar-refractivity contribution in [3.05, 3.63) is 21.7 Å². The van der Waals surface area contributed by atoms with Crippen molar-refractivity contribution in [2.45, 2.75) is 26.8 Å². The van der Waals surface area contributed by atoms with E-state index in [0.717, 1.165) is 37.3 Å². The van der Waals surface area contributed by atoms with Crippen molar-refractivity contribution >= 4 is 23.2 Å². The molecule has 0 N–H and O–H groups in total. The molecule has 0 amide bonds. The summed E-state index contributed by atoms with van der Waals surface area (Å²) in [6.07, 6.45) is 0.907. The number of halogens is 2. The minimum atomic E-state index is 0.251. The van der Waals surface area contributed by atoms with Gasteiger partial charge in [0.15, 0.2) is 0 Å². The molecule has 0 aromatic carbocycles. The maximum absolute atomic E-state index is 6.09. The highest BCUT2D eigenvalue weighted by atomic mass is 35.5. The lowest BCUT2D eigenvalue weighted by molar-refractivity contribution is 0.224. The van der Waals surface area contributed by atoms with E-state index in [4.69, 9.17) is 23.2 Å². The van der Waals surface area contributed by atoms with Crippen LogP contribution in [-0.4, -0.2) is 28.0 Å². The normalized spacial score (nSPS) is 16.6. The van der Waals surface area contributed by atoms with Crippen LogP contribution in [0, 0.1) is 5.92 Å². The fourth-order valence-corrected chi connectivity index (χ4v) is 2.55. The van der Waals surface area contributed by atoms with E-state index in [0.29, 0.717) is 11.1 Å². The van der Waals surface area contributed by atoms with Crippen molar-refractivity contribution < 1.29 is 0 Å². The van der Waals surface area contributed by atoms with Crippen molar-refractivity contribution in [3.63, 3.8) is 0 Å². The van der Waals surface area contributed by atoms with Gasteiger partial charge < -0.3 is 0 Å². The molecule has 0 saturated carbocycles. The van der Waals surface area contributed by atoms with Gasteiger partial charge in [0, 0.05) is 31.6 Å². The van der Waals surface area contributed by atoms with Crippen molar-refractivity contribution in [3.8, 4) is 0 Å². The molecule has 0 saturated heterocycles. The Morgan fingerprint density at radius 2 is 2.06 bits per heavy atom. The molecule has 16 heavy (non-hydrogen) atoms. The minimum absolute atomic E-state index is 0.251. The molecule has 2 rings (SSSR count). The Kier molecular flexibility index (Phi) is 3.67. The third-order valence-electron chi connectivity index (χ3n) is 2.68. The molecule has 5 heteroatoms. The Hall–Kier alpha value is -0.380. The van der Waals surface area contributed by atoms with Crippen LogP contribution >= 0.6 is 23.2 Å². The van der Waals surface area contributed by atoms with Gasteiger partial charge in [-0.2, -0.15) is 0 Å². The largest absolute Gasteiger partial charge is 0.298 e. The number of nitrogens with zero attached hydrogens (tertiary/aromatic N) is 3. The molecule has 3 nitrogen and oxygen atoms in total. The molecule has 0 fully saturated rings. The van der Waals surface area contributed by atoms with Crippen molar-refractivity contribution in [1.29, 1.82) is 0 Å². The Bertz CT molecular complexity index is 393. The molecule has 2 heterocycles. The predicted molar refractivity (Wildman–Crippen MR) is 65.9 cm³/mol. The van der Waals surface area contributed by atoms with Crippen LogP contribution in [0.2, 0.25) is 10.4 Å². The highest BCUT2D eigenvalue weighted by Crippen LogP contribution is 2.25. The number of fused-ring (bicyclic) bond motifs is 1. The van der Waals surface area contributed by atoms with Gasteiger partial charge in [-0.3, -0.25) is 4.90 Å². The standard InChI is InChI=1S/C11H15Cl2N3/c1-7(2)5-16-4-3-9-8(6-16)10(12)15-11(13)14-9/h7H,3-6H2,1-2H3. The van der Waals surface area contributed by atoms with Gasteiger partial charge in [0.1, 0.15) is 5.15 Å². The van der Waals surface area contributed by atoms with Crippen LogP contribution in [0.3, 0.4) is 0 Å². The molecule has 0 radical (unpaired) electrons. The molecular formula is C11H15Cl2N3. The highest BCUT2D eigenvalue weighted by molar-refractivity contribution is 6.32. The number of rotatable bonds is 2. The van der Waals surface area contributed by atoms with Crippen molar-refractivity contribution in [2.24, 2.45) is 5.92 Å². The smallest absolute Gasteiger partial charge is 0.224 e. The zero-order valence-electron chi connectivity index (χ0n) is 9.50. The van der Waals surface area contributed by atoms with Crippen LogP contribution in [0.1, 0.15) is 25.1 Å². The average Bonchev–Trinajstić information content (AvgIpc) is 2.18. The summed E-state index contributed by atoms with van der Waals surface area (Å²) < 4.78 is 0. The monoisotopic (exact) mass is 259 g/mol. The van der Waals surface area contributed by atoms with Crippen LogP contribution in [0.5, 0.6) is 0 Å². The third-order valence-corrected chi connectivity index (χ3v) is 3.17. The summed E-state index contributed by atoms with van der Waals surface area (Å²) in [6.45, 7) is 7.38. The van der Waals surface area contributed by atoms with E-state index in [1.807, 2.05) is 0 Å². The van der Waals surface area contributed by atoms with E-state index in [-0.39, 0.29) is 5.28 Å². The highest BCUT2D eigenvalue weighted by Gasteiger charge is 2.21. The Morgan fingerprint density at radius 1 is 1.31 bits per heavy atom. The zero-order valence-corrected chi connectivity index (χ0v) is 11.0. The fraction of sp³-hybridized carbons (Fsp3) is 0.636. The second-order valence-corrected chi connectivity index (χ2v) is 5.28. The van der Waals surface area contributed by atoms with Gasteiger partial charge in [-0.25, -0.2) is 9.97 Å². The lowest BCUT2D eigenvalue weighted by atomic mass is 10.1. The van der Waals surface area contributed by atoms with Gasteiger partial charge in [0.25, 0.3) is 0 Å². The Morgan fingerprint density at radius 3 is 2.75 bits per heavy atom. The SMILES string of the molecule is CC(C)CN1CCc2nc(Cl)nc(Cl)c2C1. The van der Waals surface area contributed by atoms with Crippen molar-refractivity contribution in [1.82, 2.24) is 14.9 Å². The van der Waals surface area contributed by atoms with E-state index in [2.05, 4.69) is 28.7 Å². The van der Waals surface area contributed by atoms with Gasteiger partial charge >= 0.3 is 0 Å². The lowest BCUT2D eigenvalue weighted by Gasteiger charge is -2.29. The van der Waals surface area contributed by atoms with E-state index < -0.39 is 0 Å². The predicted octanol–water partition coefficient (Wildman–Crippen LogP) is 2.80. The summed E-state index contributed by atoms with van der Waals surface area (Å²) in [5, 5.41) is 0.754. The summed E-state index contributed by atoms with van der Waals surface area (Å²) in [5.41, 5.74) is 2.04. The second-order valence-electron chi connectivity index (χ2n) is 4.59. The van der Waals surface area contributed by atoms with E-state index in [1.165, 1.54) is 0 Å². The summed E-state index contributed by atoms with van der Waals surface area (Å²) in [5.74, 6) is 0.661. The molecule has 1 aromatic rings. The molecule has 0 unspecified atom stereocenters. The quantitative estimate of drug-likeness (QED) is 0.604.